The first-order valence-corrected chi connectivity index (χ1v) is 15.4. The van der Waals surface area contributed by atoms with Crippen LogP contribution in [0.2, 0.25) is 0 Å². The lowest BCUT2D eigenvalue weighted by molar-refractivity contribution is -0.268. The van der Waals surface area contributed by atoms with Gasteiger partial charge in [0.1, 0.15) is 29.9 Å². The number of Topliss-reactive ketones (excluding diaryl/α,β-unsaturated/α-hetero) is 1. The summed E-state index contributed by atoms with van der Waals surface area (Å²) in [5.74, 6) is -9.70. The van der Waals surface area contributed by atoms with Crippen molar-refractivity contribution >= 4 is 29.4 Å². The van der Waals surface area contributed by atoms with E-state index in [9.17, 15) is 45.9 Å². The van der Waals surface area contributed by atoms with E-state index in [-0.39, 0.29) is 44.6 Å². The minimum atomic E-state index is -5.99. The van der Waals surface area contributed by atoms with Crippen molar-refractivity contribution in [1.29, 1.82) is 0 Å². The quantitative estimate of drug-likeness (QED) is 0.232. The molecule has 0 unspecified atom stereocenters. The van der Waals surface area contributed by atoms with Crippen molar-refractivity contribution in [2.75, 3.05) is 13.7 Å². The van der Waals surface area contributed by atoms with Gasteiger partial charge in [0.25, 0.3) is 0 Å². The summed E-state index contributed by atoms with van der Waals surface area (Å²) in [6.07, 6.45) is -5.81. The highest BCUT2D eigenvalue weighted by molar-refractivity contribution is 5.98. The van der Waals surface area contributed by atoms with E-state index in [0.29, 0.717) is 30.6 Å². The molecule has 46 heavy (non-hydrogen) atoms. The molecule has 2 aliphatic rings. The Morgan fingerprint density at radius 3 is 2.17 bits per heavy atom. The lowest BCUT2D eigenvalue weighted by Crippen LogP contribution is -2.62. The summed E-state index contributed by atoms with van der Waals surface area (Å²) < 4.78 is 69.2. The van der Waals surface area contributed by atoms with Crippen LogP contribution in [-0.4, -0.2) is 84.2 Å². The minimum Gasteiger partial charge on any atom is -0.497 e. The number of methoxy groups -OCH3 is 1. The molecule has 0 saturated carbocycles. The topological polar surface area (TPSA) is 134 Å². The first kappa shape index (κ1) is 36.7. The summed E-state index contributed by atoms with van der Waals surface area (Å²) in [5, 5.41) is 8.15. The van der Waals surface area contributed by atoms with Crippen molar-refractivity contribution < 1.29 is 50.7 Å². The molecule has 10 nitrogen and oxygen atoms in total. The smallest absolute Gasteiger partial charge is 0.461 e. The summed E-state index contributed by atoms with van der Waals surface area (Å²) in [6.45, 7) is 3.96. The zero-order valence-electron chi connectivity index (χ0n) is 26.1. The maximum atomic E-state index is 13.7. The van der Waals surface area contributed by atoms with Gasteiger partial charge in [-0.1, -0.05) is 45.2 Å². The van der Waals surface area contributed by atoms with E-state index < -0.39 is 72.1 Å². The Morgan fingerprint density at radius 1 is 0.935 bits per heavy atom. The molecule has 3 rings (SSSR count). The third-order valence-electron chi connectivity index (χ3n) is 8.58. The van der Waals surface area contributed by atoms with Gasteiger partial charge in [0.15, 0.2) is 0 Å². The predicted octanol–water partition coefficient (Wildman–Crippen LogP) is 3.46. The number of amides is 4. The number of carbonyl (C=O) groups is 5. The van der Waals surface area contributed by atoms with E-state index in [1.165, 1.54) is 12.0 Å². The van der Waals surface area contributed by atoms with E-state index in [1.807, 2.05) is 13.8 Å². The molecule has 4 amide bonds. The van der Waals surface area contributed by atoms with Gasteiger partial charge in [-0.3, -0.25) is 24.0 Å². The van der Waals surface area contributed by atoms with Crippen LogP contribution in [0.25, 0.3) is 0 Å². The molecule has 256 valence electrons. The number of unbranched alkanes of at least 4 members (excludes halogenated alkanes) is 2. The highest BCUT2D eigenvalue weighted by Gasteiger charge is 2.62. The molecule has 2 fully saturated rings. The summed E-state index contributed by atoms with van der Waals surface area (Å²) in [7, 11) is 1.50. The minimum absolute atomic E-state index is 0.0136. The normalized spacial score (nSPS) is 23.8. The van der Waals surface area contributed by atoms with E-state index in [0.717, 1.165) is 0 Å². The Hall–Kier alpha value is -3.78. The summed E-state index contributed by atoms with van der Waals surface area (Å²) in [4.78, 5) is 67.3. The average molecular weight is 661 g/mol. The van der Waals surface area contributed by atoms with Crippen molar-refractivity contribution in [2.24, 2.45) is 5.92 Å². The largest absolute Gasteiger partial charge is 0.497 e. The fraction of sp³-hybridized carbons (Fsp3) is 0.645. The van der Waals surface area contributed by atoms with E-state index >= 15 is 0 Å². The number of benzene rings is 1. The van der Waals surface area contributed by atoms with Gasteiger partial charge in [0.2, 0.25) is 29.4 Å². The number of hydrogen-bond donors (Lipinski definition) is 3. The standard InChI is InChI=1S/C31H41F5N4O6/c1-4-18(2)25-29(45)40-16-8-10-23(40)28(44)37-21(9-6-5-7-11-24(41)30(32,33)31(34,35)36)26(42)38-22(27(43)39-25)17-19-12-14-20(46-3)15-13-19/h12-15,18,21-23,25H,4-11,16-17H2,1-3H3,(H,37,44)(H,38,42)(H,39,43)/t18-,21-,22+,23+,25-/m0/s1. The predicted molar refractivity (Wildman–Crippen MR) is 156 cm³/mol. The molecule has 0 bridgehead atoms. The van der Waals surface area contributed by atoms with Crippen molar-refractivity contribution in [3.8, 4) is 5.75 Å². The maximum absolute atomic E-state index is 13.7. The van der Waals surface area contributed by atoms with Crippen molar-refractivity contribution in [1.82, 2.24) is 20.9 Å². The number of halogens is 5. The number of alkyl halides is 5. The monoisotopic (exact) mass is 660 g/mol. The molecule has 0 radical (unpaired) electrons. The van der Waals surface area contributed by atoms with Crippen molar-refractivity contribution in [3.05, 3.63) is 29.8 Å². The SMILES string of the molecule is CC[C@H](C)[C@@H]1NC(=O)[C@@H](Cc2ccc(OC)cc2)NC(=O)[C@H](CCCCCC(=O)C(F)(F)C(F)(F)F)NC(=O)[C@H]2CCCN2C1=O. The second-order valence-electron chi connectivity index (χ2n) is 11.8. The van der Waals surface area contributed by atoms with Gasteiger partial charge >= 0.3 is 12.1 Å². The fourth-order valence-electron chi connectivity index (χ4n) is 5.56. The number of nitrogens with one attached hydrogen (secondary N) is 3. The molecule has 0 aliphatic carbocycles. The van der Waals surface area contributed by atoms with E-state index in [1.54, 1.807) is 24.3 Å². The number of hydrogen-bond acceptors (Lipinski definition) is 6. The van der Waals surface area contributed by atoms with Crippen LogP contribution in [0.1, 0.15) is 70.8 Å². The molecule has 2 heterocycles. The first-order chi connectivity index (χ1) is 21.6. The van der Waals surface area contributed by atoms with Crippen LogP contribution in [0.5, 0.6) is 5.75 Å². The lowest BCUT2D eigenvalue weighted by atomic mass is 9.95. The van der Waals surface area contributed by atoms with Crippen LogP contribution < -0.4 is 20.7 Å². The zero-order chi connectivity index (χ0) is 34.2. The Bertz CT molecular complexity index is 1260. The molecule has 1 aromatic rings. The van der Waals surface area contributed by atoms with Gasteiger partial charge in [-0.2, -0.15) is 22.0 Å². The molecule has 0 spiro atoms. The van der Waals surface area contributed by atoms with Crippen LogP contribution in [0.3, 0.4) is 0 Å². The molecule has 15 heteroatoms. The summed E-state index contributed by atoms with van der Waals surface area (Å²) in [6, 6.07) is 2.59. The number of fused-ring (bicyclic) bond motifs is 1. The number of carbonyl (C=O) groups excluding carboxylic acids is 5. The summed E-state index contributed by atoms with van der Waals surface area (Å²) >= 11 is 0. The lowest BCUT2D eigenvalue weighted by Gasteiger charge is -2.34. The Balaban J connectivity index is 1.82. The number of ether oxygens (including phenoxy) is 1. The number of rotatable bonds is 12. The third-order valence-corrected chi connectivity index (χ3v) is 8.58. The molecule has 3 N–H and O–H groups in total. The molecular formula is C31H41F5N4O6. The maximum Gasteiger partial charge on any atom is 0.461 e. The van der Waals surface area contributed by atoms with Gasteiger partial charge in [0.05, 0.1) is 7.11 Å². The number of nitrogens with zero attached hydrogens (tertiary/aromatic N) is 1. The van der Waals surface area contributed by atoms with Gasteiger partial charge in [-0.05, 0) is 49.3 Å². The average Bonchev–Trinajstić information content (AvgIpc) is 3.51. The highest BCUT2D eigenvalue weighted by atomic mass is 19.4. The van der Waals surface area contributed by atoms with Crippen LogP contribution in [0.15, 0.2) is 24.3 Å². The Kier molecular flexibility index (Phi) is 12.5. The zero-order valence-corrected chi connectivity index (χ0v) is 26.1. The fourth-order valence-corrected chi connectivity index (χ4v) is 5.56. The molecule has 5 atom stereocenters. The summed E-state index contributed by atoms with van der Waals surface area (Å²) in [5.41, 5.74) is 0.667. The van der Waals surface area contributed by atoms with Crippen LogP contribution in [-0.2, 0) is 30.4 Å². The highest BCUT2D eigenvalue weighted by Crippen LogP contribution is 2.37. The molecule has 1 aromatic carbocycles. The van der Waals surface area contributed by atoms with Crippen LogP contribution in [0, 0.1) is 5.92 Å². The van der Waals surface area contributed by atoms with Crippen molar-refractivity contribution in [2.45, 2.75) is 108 Å². The van der Waals surface area contributed by atoms with E-state index in [4.69, 9.17) is 4.74 Å². The van der Waals surface area contributed by atoms with Gasteiger partial charge in [-0.15, -0.1) is 0 Å². The molecule has 2 saturated heterocycles. The third kappa shape index (κ3) is 8.93. The molecule has 0 aromatic heterocycles. The van der Waals surface area contributed by atoms with Gasteiger partial charge in [0, 0.05) is 19.4 Å². The Labute approximate surface area is 264 Å². The van der Waals surface area contributed by atoms with Gasteiger partial charge < -0.3 is 25.6 Å². The van der Waals surface area contributed by atoms with Gasteiger partial charge in [-0.25, -0.2) is 0 Å². The van der Waals surface area contributed by atoms with Crippen molar-refractivity contribution in [3.63, 3.8) is 0 Å². The molecular weight excluding hydrogens is 619 g/mol. The first-order valence-electron chi connectivity index (χ1n) is 15.4. The van der Waals surface area contributed by atoms with E-state index in [2.05, 4.69) is 16.0 Å². The van der Waals surface area contributed by atoms with Crippen LogP contribution >= 0.6 is 0 Å². The number of ketones is 1. The second-order valence-corrected chi connectivity index (χ2v) is 11.8. The Morgan fingerprint density at radius 2 is 1.57 bits per heavy atom. The molecule has 2 aliphatic heterocycles. The van der Waals surface area contributed by atoms with Crippen LogP contribution in [0.4, 0.5) is 22.0 Å². The second kappa shape index (κ2) is 15.7.